The number of fused-ring (bicyclic) bond motifs is 2. The molecule has 4 unspecified atom stereocenters. The van der Waals surface area contributed by atoms with Gasteiger partial charge in [0.05, 0.1) is 18.8 Å². The fourth-order valence-corrected chi connectivity index (χ4v) is 5.37. The first-order valence-corrected chi connectivity index (χ1v) is 11.0. The van der Waals surface area contributed by atoms with Crippen molar-refractivity contribution in [1.29, 1.82) is 0 Å². The molecule has 3 fully saturated rings. The van der Waals surface area contributed by atoms with E-state index in [1.54, 1.807) is 0 Å². The largest absolute Gasteiger partial charge is 0.375 e. The van der Waals surface area contributed by atoms with E-state index in [1.807, 2.05) is 18.2 Å². The van der Waals surface area contributed by atoms with Gasteiger partial charge in [-0.3, -0.25) is 9.69 Å². The summed E-state index contributed by atoms with van der Waals surface area (Å²) in [6.45, 7) is 8.86. The van der Waals surface area contributed by atoms with Crippen molar-refractivity contribution in [2.45, 2.75) is 63.3 Å². The highest BCUT2D eigenvalue weighted by Crippen LogP contribution is 2.39. The van der Waals surface area contributed by atoms with Crippen LogP contribution in [0, 0.1) is 5.92 Å². The Morgan fingerprint density at radius 3 is 2.71 bits per heavy atom. The number of hydrogen-bond acceptors (Lipinski definition) is 3. The third-order valence-electron chi connectivity index (χ3n) is 6.76. The molecule has 3 saturated heterocycles. The molecule has 152 valence electrons. The van der Waals surface area contributed by atoms with Crippen LogP contribution in [-0.4, -0.2) is 53.6 Å². The third-order valence-corrected chi connectivity index (χ3v) is 7.01. The lowest BCUT2D eigenvalue weighted by Crippen LogP contribution is -2.54. The Labute approximate surface area is 173 Å². The average Bonchev–Trinajstić information content (AvgIpc) is 3.32. The predicted octanol–water partition coefficient (Wildman–Crippen LogP) is 4.45. The van der Waals surface area contributed by atoms with E-state index in [-0.39, 0.29) is 18.0 Å². The number of ether oxygens (including phenoxy) is 1. The Hall–Kier alpha value is -1.36. The van der Waals surface area contributed by atoms with Gasteiger partial charge < -0.3 is 9.64 Å². The normalized spacial score (nSPS) is 31.4. The number of benzene rings is 1. The highest BCUT2D eigenvalue weighted by Gasteiger charge is 2.43. The molecule has 3 aliphatic rings. The third kappa shape index (κ3) is 3.87. The predicted molar refractivity (Wildman–Crippen MR) is 112 cm³/mol. The Balaban J connectivity index is 1.58. The summed E-state index contributed by atoms with van der Waals surface area (Å²) < 4.78 is 5.77. The molecule has 5 atom stereocenters. The fourth-order valence-electron chi connectivity index (χ4n) is 5.24. The Morgan fingerprint density at radius 2 is 2.11 bits per heavy atom. The summed E-state index contributed by atoms with van der Waals surface area (Å²) in [6.07, 6.45) is 7.07. The number of halogens is 1. The quantitative estimate of drug-likeness (QED) is 0.632. The number of carbonyl (C=O) groups is 1. The van der Waals surface area contributed by atoms with Crippen molar-refractivity contribution in [2.75, 3.05) is 19.7 Å². The summed E-state index contributed by atoms with van der Waals surface area (Å²) in [5.74, 6) is 0.354. The van der Waals surface area contributed by atoms with Gasteiger partial charge in [0, 0.05) is 36.1 Å². The van der Waals surface area contributed by atoms with Crippen molar-refractivity contribution in [3.63, 3.8) is 0 Å². The molecule has 4 nitrogen and oxygen atoms in total. The van der Waals surface area contributed by atoms with E-state index in [0.29, 0.717) is 18.1 Å². The number of piperidine rings is 1. The van der Waals surface area contributed by atoms with Crippen LogP contribution in [0.2, 0.25) is 5.02 Å². The summed E-state index contributed by atoms with van der Waals surface area (Å²) in [7, 11) is 0. The van der Waals surface area contributed by atoms with Crippen molar-refractivity contribution in [1.82, 2.24) is 9.80 Å². The molecule has 0 aromatic heterocycles. The van der Waals surface area contributed by atoms with E-state index < -0.39 is 0 Å². The number of likely N-dealkylation sites (tertiary alicyclic amines) is 2. The molecular weight excluding hydrogens is 372 g/mol. The Kier molecular flexibility index (Phi) is 6.10. The van der Waals surface area contributed by atoms with Gasteiger partial charge in [-0.1, -0.05) is 36.7 Å². The highest BCUT2D eigenvalue weighted by atomic mass is 35.5. The second kappa shape index (κ2) is 8.56. The zero-order valence-corrected chi connectivity index (χ0v) is 17.5. The molecule has 0 N–H and O–H groups in total. The van der Waals surface area contributed by atoms with E-state index >= 15 is 0 Å². The van der Waals surface area contributed by atoms with E-state index in [1.165, 1.54) is 5.56 Å². The number of carbonyl (C=O) groups excluding carboxylic acids is 1. The smallest absolute Gasteiger partial charge is 0.226 e. The maximum absolute atomic E-state index is 13.5. The van der Waals surface area contributed by atoms with Crippen LogP contribution < -0.4 is 0 Å². The summed E-state index contributed by atoms with van der Waals surface area (Å²) in [5.41, 5.74) is 1.19. The van der Waals surface area contributed by atoms with Gasteiger partial charge >= 0.3 is 0 Å². The first-order chi connectivity index (χ1) is 13.6. The molecule has 0 saturated carbocycles. The van der Waals surface area contributed by atoms with Gasteiger partial charge in [0.25, 0.3) is 0 Å². The minimum Gasteiger partial charge on any atom is -0.375 e. The van der Waals surface area contributed by atoms with E-state index in [4.69, 9.17) is 16.3 Å². The summed E-state index contributed by atoms with van der Waals surface area (Å²) in [5, 5.41) is 0.738. The van der Waals surface area contributed by atoms with Gasteiger partial charge in [-0.05, 0) is 49.8 Å². The molecule has 0 spiro atoms. The van der Waals surface area contributed by atoms with Gasteiger partial charge in [-0.2, -0.15) is 0 Å². The van der Waals surface area contributed by atoms with Crippen molar-refractivity contribution in [2.24, 2.45) is 5.92 Å². The summed E-state index contributed by atoms with van der Waals surface area (Å²) in [4.78, 5) is 18.3. The standard InChI is InChI=1S/C23H31ClN2O2/c1-3-5-17-8-11-22(16-6-9-18(24)10-7-16)26(23(17)27)19(4-2)13-25-14-21-12-20(25)15-28-21/h3,6-7,9-10,17,19-22H,1,4-5,8,11-15H2,2H3/t17?,19?,20-,21?,22?/m1/s1. The van der Waals surface area contributed by atoms with E-state index in [9.17, 15) is 4.79 Å². The first kappa shape index (κ1) is 19.9. The molecule has 1 amide bonds. The van der Waals surface area contributed by atoms with Crippen molar-refractivity contribution < 1.29 is 9.53 Å². The molecule has 1 aromatic carbocycles. The molecule has 1 aromatic rings. The summed E-state index contributed by atoms with van der Waals surface area (Å²) >= 11 is 6.11. The van der Waals surface area contributed by atoms with Crippen LogP contribution in [0.1, 0.15) is 50.6 Å². The molecule has 28 heavy (non-hydrogen) atoms. The van der Waals surface area contributed by atoms with E-state index in [2.05, 4.69) is 35.4 Å². The van der Waals surface area contributed by atoms with Crippen molar-refractivity contribution in [3.05, 3.63) is 47.5 Å². The van der Waals surface area contributed by atoms with E-state index in [0.717, 1.165) is 56.8 Å². The topological polar surface area (TPSA) is 32.8 Å². The van der Waals surface area contributed by atoms with Gasteiger partial charge in [0.15, 0.2) is 0 Å². The molecule has 0 aliphatic carbocycles. The maximum atomic E-state index is 13.5. The first-order valence-electron chi connectivity index (χ1n) is 10.6. The number of rotatable bonds is 7. The number of allylic oxidation sites excluding steroid dienone is 1. The zero-order chi connectivity index (χ0) is 19.7. The van der Waals surface area contributed by atoms with Gasteiger partial charge in [-0.25, -0.2) is 0 Å². The highest BCUT2D eigenvalue weighted by molar-refractivity contribution is 6.30. The maximum Gasteiger partial charge on any atom is 0.226 e. The molecule has 4 rings (SSSR count). The van der Waals surface area contributed by atoms with Crippen LogP contribution in [0.4, 0.5) is 0 Å². The Bertz CT molecular complexity index is 707. The van der Waals surface area contributed by atoms with Gasteiger partial charge in [0.2, 0.25) is 5.91 Å². The lowest BCUT2D eigenvalue weighted by Gasteiger charge is -2.45. The summed E-state index contributed by atoms with van der Waals surface area (Å²) in [6, 6.07) is 8.92. The van der Waals surface area contributed by atoms with Crippen LogP contribution in [0.5, 0.6) is 0 Å². The molecule has 3 heterocycles. The molecule has 5 heteroatoms. The van der Waals surface area contributed by atoms with Crippen LogP contribution in [0.3, 0.4) is 0 Å². The average molecular weight is 403 g/mol. The fraction of sp³-hybridized carbons (Fsp3) is 0.609. The number of nitrogens with zero attached hydrogens (tertiary/aromatic N) is 2. The molecule has 3 aliphatic heterocycles. The number of morpholine rings is 1. The second-order valence-corrected chi connectivity index (χ2v) is 8.91. The SMILES string of the molecule is C=CCC1CCC(c2ccc(Cl)cc2)N(C(CC)CN2CC3C[C@@H]2CO3)C1=O. The lowest BCUT2D eigenvalue weighted by atomic mass is 9.85. The molecule has 0 radical (unpaired) electrons. The monoisotopic (exact) mass is 402 g/mol. The second-order valence-electron chi connectivity index (χ2n) is 8.47. The van der Waals surface area contributed by atoms with Crippen molar-refractivity contribution >= 4 is 17.5 Å². The molecular formula is C23H31ClN2O2. The van der Waals surface area contributed by atoms with Crippen LogP contribution in [0.15, 0.2) is 36.9 Å². The van der Waals surface area contributed by atoms with Gasteiger partial charge in [0.1, 0.15) is 0 Å². The number of hydrogen-bond donors (Lipinski definition) is 0. The van der Waals surface area contributed by atoms with Gasteiger partial charge in [-0.15, -0.1) is 6.58 Å². The minimum absolute atomic E-state index is 0.0634. The number of amides is 1. The molecule has 2 bridgehead atoms. The lowest BCUT2D eigenvalue weighted by molar-refractivity contribution is -0.146. The Morgan fingerprint density at radius 1 is 1.32 bits per heavy atom. The zero-order valence-electron chi connectivity index (χ0n) is 16.7. The van der Waals surface area contributed by atoms with Crippen LogP contribution in [-0.2, 0) is 9.53 Å². The van der Waals surface area contributed by atoms with Crippen LogP contribution in [0.25, 0.3) is 0 Å². The van der Waals surface area contributed by atoms with Crippen molar-refractivity contribution in [3.8, 4) is 0 Å². The van der Waals surface area contributed by atoms with Crippen LogP contribution >= 0.6 is 11.6 Å². The minimum atomic E-state index is 0.0634.